The minimum absolute atomic E-state index is 0.0330. The van der Waals surface area contributed by atoms with Crippen LogP contribution in [-0.4, -0.2) is 21.7 Å². The molecule has 7 nitrogen and oxygen atoms in total. The molecule has 0 radical (unpaired) electrons. The molecule has 7 heteroatoms. The molecule has 3 heterocycles. The number of likely N-dealkylation sites (tertiary alicyclic amines) is 1. The number of ketones is 1. The van der Waals surface area contributed by atoms with Gasteiger partial charge in [-0.1, -0.05) is 29.8 Å². The fraction of sp³-hybridized carbons (Fsp3) is 0.172. The number of hydrogen-bond donors (Lipinski definition) is 1. The van der Waals surface area contributed by atoms with Crippen LogP contribution in [0.25, 0.3) is 5.76 Å². The first kappa shape index (κ1) is 23.2. The van der Waals surface area contributed by atoms with Crippen LogP contribution in [0.3, 0.4) is 0 Å². The number of carbonyl (C=O) groups is 2. The number of rotatable bonds is 7. The van der Waals surface area contributed by atoms with Crippen molar-refractivity contribution in [2.75, 3.05) is 0 Å². The number of aliphatic hydroxyl groups is 1. The van der Waals surface area contributed by atoms with E-state index in [0.29, 0.717) is 35.2 Å². The van der Waals surface area contributed by atoms with Crippen LogP contribution >= 0.6 is 0 Å². The maximum Gasteiger partial charge on any atom is 0.296 e. The highest BCUT2D eigenvalue weighted by Gasteiger charge is 2.47. The van der Waals surface area contributed by atoms with Gasteiger partial charge in [-0.3, -0.25) is 9.59 Å². The molecule has 0 saturated carbocycles. The molecular formula is C29H25NO6. The molecule has 4 aromatic rings. The largest absolute Gasteiger partial charge is 0.507 e. The molecule has 1 unspecified atom stereocenters. The summed E-state index contributed by atoms with van der Waals surface area (Å²) in [5.74, 6) is 0.356. The predicted molar refractivity (Wildman–Crippen MR) is 132 cm³/mol. The average molecular weight is 484 g/mol. The van der Waals surface area contributed by atoms with Gasteiger partial charge >= 0.3 is 0 Å². The summed E-state index contributed by atoms with van der Waals surface area (Å²) in [6.07, 6.45) is 1.50. The first-order valence-electron chi connectivity index (χ1n) is 11.6. The van der Waals surface area contributed by atoms with Crippen molar-refractivity contribution < 1.29 is 28.3 Å². The van der Waals surface area contributed by atoms with Crippen molar-refractivity contribution >= 4 is 17.4 Å². The molecule has 36 heavy (non-hydrogen) atoms. The molecule has 1 aliphatic rings. The third kappa shape index (κ3) is 4.55. The topological polar surface area (TPSA) is 93.1 Å². The summed E-state index contributed by atoms with van der Waals surface area (Å²) in [5.41, 5.74) is 2.56. The highest BCUT2D eigenvalue weighted by Crippen LogP contribution is 2.41. The second-order valence-corrected chi connectivity index (χ2v) is 8.76. The van der Waals surface area contributed by atoms with Gasteiger partial charge in [0, 0.05) is 5.56 Å². The number of carbonyl (C=O) groups excluding carboxylic acids is 2. The molecule has 1 aliphatic heterocycles. The van der Waals surface area contributed by atoms with Crippen molar-refractivity contribution in [3.63, 3.8) is 0 Å². The number of furan rings is 2. The maximum atomic E-state index is 13.1. The summed E-state index contributed by atoms with van der Waals surface area (Å²) in [6, 6.07) is 20.8. The number of amides is 1. The van der Waals surface area contributed by atoms with E-state index in [4.69, 9.17) is 13.6 Å². The number of hydrogen-bond acceptors (Lipinski definition) is 6. The Morgan fingerprint density at radius 2 is 1.81 bits per heavy atom. The van der Waals surface area contributed by atoms with Crippen LogP contribution in [0.5, 0.6) is 5.75 Å². The van der Waals surface area contributed by atoms with Crippen molar-refractivity contribution in [2.24, 2.45) is 0 Å². The van der Waals surface area contributed by atoms with E-state index in [1.807, 2.05) is 25.1 Å². The van der Waals surface area contributed by atoms with Crippen molar-refractivity contribution in [3.05, 3.63) is 119 Å². The lowest BCUT2D eigenvalue weighted by atomic mass is 9.99. The molecule has 1 fully saturated rings. The summed E-state index contributed by atoms with van der Waals surface area (Å²) < 4.78 is 17.0. The van der Waals surface area contributed by atoms with Gasteiger partial charge in [0.1, 0.15) is 41.4 Å². The number of nitrogens with zero attached hydrogens (tertiary/aromatic N) is 1. The van der Waals surface area contributed by atoms with Gasteiger partial charge in [0.25, 0.3) is 11.7 Å². The van der Waals surface area contributed by atoms with E-state index >= 15 is 0 Å². The van der Waals surface area contributed by atoms with Crippen LogP contribution in [0, 0.1) is 13.8 Å². The van der Waals surface area contributed by atoms with E-state index in [-0.39, 0.29) is 17.9 Å². The molecule has 182 valence electrons. The Kier molecular flexibility index (Phi) is 6.21. The van der Waals surface area contributed by atoms with Gasteiger partial charge in [-0.2, -0.15) is 0 Å². The van der Waals surface area contributed by atoms with Crippen LogP contribution in [0.4, 0.5) is 0 Å². The van der Waals surface area contributed by atoms with Gasteiger partial charge in [0.2, 0.25) is 0 Å². The predicted octanol–water partition coefficient (Wildman–Crippen LogP) is 5.69. The number of Topliss-reactive ketones (excluding diaryl/α,β-unsaturated/α-hetero) is 1. The molecule has 0 spiro atoms. The Labute approximate surface area is 208 Å². The number of benzene rings is 2. The minimum atomic E-state index is -0.888. The molecule has 1 amide bonds. The van der Waals surface area contributed by atoms with E-state index in [9.17, 15) is 14.7 Å². The summed E-state index contributed by atoms with van der Waals surface area (Å²) in [6.45, 7) is 4.27. The second kappa shape index (κ2) is 9.62. The SMILES string of the molecule is Cc1cccc(COc2ccc(/C(O)=C3\C(=O)C(=O)N(Cc4ccco4)C3c3ccc(C)o3)cc2)c1. The zero-order chi connectivity index (χ0) is 25.2. The lowest BCUT2D eigenvalue weighted by molar-refractivity contribution is -0.140. The Morgan fingerprint density at radius 1 is 1.00 bits per heavy atom. The summed E-state index contributed by atoms with van der Waals surface area (Å²) in [7, 11) is 0. The van der Waals surface area contributed by atoms with E-state index in [0.717, 1.165) is 11.1 Å². The molecule has 2 aromatic carbocycles. The smallest absolute Gasteiger partial charge is 0.296 e. The first-order valence-corrected chi connectivity index (χ1v) is 11.6. The highest BCUT2D eigenvalue weighted by molar-refractivity contribution is 6.46. The standard InChI is InChI=1S/C29H25NO6/c1-18-5-3-6-20(15-18)17-35-22-11-9-21(10-12-22)27(31)25-26(24-13-8-19(2)36-24)30(29(33)28(25)32)16-23-7-4-14-34-23/h3-15,26,31H,16-17H2,1-2H3/b27-25+. The minimum Gasteiger partial charge on any atom is -0.507 e. The van der Waals surface area contributed by atoms with Gasteiger partial charge in [-0.05, 0) is 67.9 Å². The fourth-order valence-corrected chi connectivity index (χ4v) is 4.34. The van der Waals surface area contributed by atoms with Crippen LogP contribution in [0.2, 0.25) is 0 Å². The molecule has 2 aromatic heterocycles. The lowest BCUT2D eigenvalue weighted by Gasteiger charge is -2.22. The Bertz CT molecular complexity index is 1430. The molecule has 0 aliphatic carbocycles. The molecule has 5 rings (SSSR count). The Balaban J connectivity index is 1.45. The van der Waals surface area contributed by atoms with Crippen LogP contribution < -0.4 is 4.74 Å². The van der Waals surface area contributed by atoms with Crippen molar-refractivity contribution in [1.82, 2.24) is 4.90 Å². The summed E-state index contributed by atoms with van der Waals surface area (Å²) >= 11 is 0. The second-order valence-electron chi connectivity index (χ2n) is 8.76. The van der Waals surface area contributed by atoms with Crippen LogP contribution in [0.15, 0.2) is 93.5 Å². The van der Waals surface area contributed by atoms with E-state index in [1.54, 1.807) is 55.5 Å². The number of aliphatic hydroxyl groups excluding tert-OH is 1. The zero-order valence-corrected chi connectivity index (χ0v) is 19.9. The Hall–Kier alpha value is -4.52. The first-order chi connectivity index (χ1) is 17.4. The third-order valence-electron chi connectivity index (χ3n) is 6.09. The van der Waals surface area contributed by atoms with Gasteiger partial charge in [0.05, 0.1) is 18.4 Å². The summed E-state index contributed by atoms with van der Waals surface area (Å²) in [5, 5.41) is 11.2. The maximum absolute atomic E-state index is 13.1. The fourth-order valence-electron chi connectivity index (χ4n) is 4.34. The van der Waals surface area contributed by atoms with Gasteiger partial charge in [0.15, 0.2) is 0 Å². The molecule has 0 bridgehead atoms. The zero-order valence-electron chi connectivity index (χ0n) is 19.9. The average Bonchev–Trinajstić information content (AvgIpc) is 3.60. The molecule has 1 saturated heterocycles. The summed E-state index contributed by atoms with van der Waals surface area (Å²) in [4.78, 5) is 27.4. The highest BCUT2D eigenvalue weighted by atomic mass is 16.5. The molecule has 1 atom stereocenters. The van der Waals surface area contributed by atoms with E-state index in [2.05, 4.69) is 6.07 Å². The Morgan fingerprint density at radius 3 is 2.47 bits per heavy atom. The molecular weight excluding hydrogens is 458 g/mol. The van der Waals surface area contributed by atoms with E-state index < -0.39 is 17.7 Å². The number of aryl methyl sites for hydroxylation is 2. The third-order valence-corrected chi connectivity index (χ3v) is 6.09. The van der Waals surface area contributed by atoms with Crippen molar-refractivity contribution in [1.29, 1.82) is 0 Å². The van der Waals surface area contributed by atoms with Gasteiger partial charge in [-0.15, -0.1) is 0 Å². The van der Waals surface area contributed by atoms with E-state index in [1.165, 1.54) is 11.2 Å². The van der Waals surface area contributed by atoms with Crippen molar-refractivity contribution in [2.45, 2.75) is 33.0 Å². The van der Waals surface area contributed by atoms with Crippen LogP contribution in [-0.2, 0) is 22.7 Å². The monoisotopic (exact) mass is 483 g/mol. The van der Waals surface area contributed by atoms with Gasteiger partial charge < -0.3 is 23.6 Å². The van der Waals surface area contributed by atoms with Crippen molar-refractivity contribution in [3.8, 4) is 5.75 Å². The normalized spacial score (nSPS) is 17.1. The lowest BCUT2D eigenvalue weighted by Crippen LogP contribution is -2.28. The van der Waals surface area contributed by atoms with Gasteiger partial charge in [-0.25, -0.2) is 0 Å². The number of ether oxygens (including phenoxy) is 1. The molecule has 1 N–H and O–H groups in total. The van der Waals surface area contributed by atoms with Crippen LogP contribution in [0.1, 0.15) is 40.0 Å². The quantitative estimate of drug-likeness (QED) is 0.206.